The summed E-state index contributed by atoms with van der Waals surface area (Å²) in [7, 11) is 0. The van der Waals surface area contributed by atoms with E-state index in [4.69, 9.17) is 5.11 Å². The Balaban J connectivity index is 1.64. The number of benzene rings is 1. The van der Waals surface area contributed by atoms with Gasteiger partial charge >= 0.3 is 12.1 Å². The Labute approximate surface area is 213 Å². The number of halogens is 3. The number of carboxylic acid groups (broad SMARTS) is 1. The Kier molecular flexibility index (Phi) is 7.50. The monoisotopic (exact) mass is 529 g/mol. The smallest absolute Gasteiger partial charge is 0.433 e. The average molecular weight is 530 g/mol. The molecule has 0 saturated carbocycles. The number of thiazole rings is 1. The quantitative estimate of drug-likeness (QED) is 0.258. The van der Waals surface area contributed by atoms with Gasteiger partial charge in [-0.2, -0.15) is 13.2 Å². The van der Waals surface area contributed by atoms with Crippen molar-refractivity contribution in [3.05, 3.63) is 83.0 Å². The molecule has 0 amide bonds. The summed E-state index contributed by atoms with van der Waals surface area (Å²) in [4.78, 5) is 27.6. The number of pyridine rings is 1. The fourth-order valence-electron chi connectivity index (χ4n) is 3.80. The maximum absolute atomic E-state index is 13.0. The molecule has 1 aromatic carbocycles. The number of carbonyl (C=O) groups is 1. The predicted molar refractivity (Wildman–Crippen MR) is 131 cm³/mol. The number of alkyl halides is 3. The van der Waals surface area contributed by atoms with E-state index in [9.17, 15) is 23.1 Å². The van der Waals surface area contributed by atoms with Crippen LogP contribution in [0.15, 0.2) is 61.2 Å². The van der Waals surface area contributed by atoms with Crippen molar-refractivity contribution in [2.24, 2.45) is 0 Å². The highest BCUT2D eigenvalue weighted by molar-refractivity contribution is 7.15. The van der Waals surface area contributed by atoms with Gasteiger partial charge in [-0.25, -0.2) is 15.0 Å². The molecule has 4 rings (SSSR count). The Morgan fingerprint density at radius 3 is 2.54 bits per heavy atom. The summed E-state index contributed by atoms with van der Waals surface area (Å²) in [6.07, 6.45) is 1.41. The molecule has 4 aromatic rings. The summed E-state index contributed by atoms with van der Waals surface area (Å²) in [6.45, 7) is 1.84. The molecule has 3 heterocycles. The number of aromatic nitrogens is 4. The van der Waals surface area contributed by atoms with Crippen molar-refractivity contribution in [1.82, 2.24) is 19.9 Å². The highest BCUT2D eigenvalue weighted by Crippen LogP contribution is 2.40. The van der Waals surface area contributed by atoms with E-state index in [2.05, 4.69) is 25.3 Å². The molecule has 1 unspecified atom stereocenters. The number of nitrogens with zero attached hydrogens (tertiary/aromatic N) is 4. The minimum atomic E-state index is -4.59. The Hall–Kier alpha value is -3.90. The van der Waals surface area contributed by atoms with Crippen LogP contribution in [0.2, 0.25) is 0 Å². The van der Waals surface area contributed by atoms with Crippen molar-refractivity contribution in [2.75, 3.05) is 5.32 Å². The van der Waals surface area contributed by atoms with E-state index in [1.54, 1.807) is 42.9 Å². The Bertz CT molecular complexity index is 1400. The first kappa shape index (κ1) is 26.2. The Morgan fingerprint density at radius 2 is 1.84 bits per heavy atom. The molecule has 12 heteroatoms. The van der Waals surface area contributed by atoms with Crippen molar-refractivity contribution >= 4 is 28.9 Å². The SMILES string of the molecule is Cc1cc(Nc2nccc(C(F)(F)F)n2)cc(-c2cnc(C(O)(CCCC(=O)O)c3ccncc3)s2)c1. The van der Waals surface area contributed by atoms with E-state index >= 15 is 0 Å². The first-order valence-electron chi connectivity index (χ1n) is 11.1. The summed E-state index contributed by atoms with van der Waals surface area (Å²) in [6, 6.07) is 9.47. The molecular formula is C25H22F3N5O3S. The van der Waals surface area contributed by atoms with E-state index in [1.807, 2.05) is 13.0 Å². The van der Waals surface area contributed by atoms with Crippen LogP contribution in [0, 0.1) is 6.92 Å². The molecule has 0 radical (unpaired) electrons. The van der Waals surface area contributed by atoms with Crippen molar-refractivity contribution in [2.45, 2.75) is 38.0 Å². The molecule has 192 valence electrons. The van der Waals surface area contributed by atoms with Crippen LogP contribution in [0.1, 0.15) is 41.1 Å². The van der Waals surface area contributed by atoms with Gasteiger partial charge in [0.1, 0.15) is 16.3 Å². The number of nitrogens with one attached hydrogen (secondary N) is 1. The lowest BCUT2D eigenvalue weighted by Crippen LogP contribution is -2.27. The number of carboxylic acids is 1. The highest BCUT2D eigenvalue weighted by Gasteiger charge is 2.35. The molecule has 0 aliphatic rings. The zero-order chi connectivity index (χ0) is 26.6. The molecular weight excluding hydrogens is 507 g/mol. The van der Waals surface area contributed by atoms with Crippen LogP contribution in [-0.4, -0.2) is 36.1 Å². The predicted octanol–water partition coefficient (Wildman–Crippen LogP) is 5.56. The third kappa shape index (κ3) is 6.27. The summed E-state index contributed by atoms with van der Waals surface area (Å²) < 4.78 is 39.1. The normalized spacial score (nSPS) is 13.2. The second-order valence-electron chi connectivity index (χ2n) is 8.35. The molecule has 0 spiro atoms. The van der Waals surface area contributed by atoms with Crippen LogP contribution in [0.25, 0.3) is 10.4 Å². The van der Waals surface area contributed by atoms with Crippen LogP contribution < -0.4 is 5.32 Å². The second kappa shape index (κ2) is 10.6. The fraction of sp³-hybridized carbons (Fsp3) is 0.240. The van der Waals surface area contributed by atoms with E-state index in [0.29, 0.717) is 21.1 Å². The van der Waals surface area contributed by atoms with Crippen LogP contribution >= 0.6 is 11.3 Å². The molecule has 0 saturated heterocycles. The lowest BCUT2D eigenvalue weighted by Gasteiger charge is -2.26. The summed E-state index contributed by atoms with van der Waals surface area (Å²) in [5.74, 6) is -1.15. The zero-order valence-electron chi connectivity index (χ0n) is 19.5. The van der Waals surface area contributed by atoms with Gasteiger partial charge < -0.3 is 15.5 Å². The van der Waals surface area contributed by atoms with Crippen molar-refractivity contribution in [3.8, 4) is 10.4 Å². The number of hydrogen-bond donors (Lipinski definition) is 3. The molecule has 3 N–H and O–H groups in total. The van der Waals surface area contributed by atoms with Crippen LogP contribution in [0.4, 0.5) is 24.8 Å². The first-order chi connectivity index (χ1) is 17.5. The minimum Gasteiger partial charge on any atom is -0.481 e. The van der Waals surface area contributed by atoms with Gasteiger partial charge in [0.05, 0.1) is 4.88 Å². The molecule has 0 bridgehead atoms. The van der Waals surface area contributed by atoms with Gasteiger partial charge in [-0.1, -0.05) is 6.07 Å². The van der Waals surface area contributed by atoms with Crippen molar-refractivity contribution < 1.29 is 28.2 Å². The van der Waals surface area contributed by atoms with Gasteiger partial charge in [0.15, 0.2) is 0 Å². The van der Waals surface area contributed by atoms with Gasteiger partial charge in [0, 0.05) is 36.9 Å². The lowest BCUT2D eigenvalue weighted by atomic mass is 9.89. The molecule has 1 atom stereocenters. The number of aliphatic carboxylic acids is 1. The van der Waals surface area contributed by atoms with Crippen molar-refractivity contribution in [1.29, 1.82) is 0 Å². The van der Waals surface area contributed by atoms with Gasteiger partial charge in [-0.05, 0) is 66.8 Å². The number of aliphatic hydroxyl groups is 1. The number of rotatable bonds is 9. The number of aryl methyl sites for hydroxylation is 1. The van der Waals surface area contributed by atoms with Gasteiger partial charge in [0.25, 0.3) is 0 Å². The van der Waals surface area contributed by atoms with E-state index < -0.39 is 23.4 Å². The molecule has 8 nitrogen and oxygen atoms in total. The van der Waals surface area contributed by atoms with E-state index in [-0.39, 0.29) is 25.2 Å². The number of hydrogen-bond acceptors (Lipinski definition) is 8. The third-order valence-corrected chi connectivity index (χ3v) is 6.71. The molecule has 0 aliphatic carbocycles. The van der Waals surface area contributed by atoms with Gasteiger partial charge in [-0.15, -0.1) is 11.3 Å². The van der Waals surface area contributed by atoms with Crippen molar-refractivity contribution in [3.63, 3.8) is 0 Å². The molecule has 0 fully saturated rings. The van der Waals surface area contributed by atoms with Crippen LogP contribution in [-0.2, 0) is 16.6 Å². The maximum atomic E-state index is 13.0. The zero-order valence-corrected chi connectivity index (χ0v) is 20.3. The topological polar surface area (TPSA) is 121 Å². The standard InChI is InChI=1S/C25H22F3N5O3S/c1-15-11-16(13-18(12-15)32-23-30-10-6-20(33-23)25(26,27)28)19-14-31-22(37-19)24(36,7-2-3-21(34)35)17-4-8-29-9-5-17/h4-6,8-14,36H,2-3,7H2,1H3,(H,34,35)(H,30,32,33). The van der Waals surface area contributed by atoms with Gasteiger partial charge in [0.2, 0.25) is 5.95 Å². The Morgan fingerprint density at radius 1 is 1.08 bits per heavy atom. The average Bonchev–Trinajstić information content (AvgIpc) is 3.35. The first-order valence-corrected chi connectivity index (χ1v) is 12.0. The minimum absolute atomic E-state index is 0.101. The van der Waals surface area contributed by atoms with E-state index in [1.165, 1.54) is 11.3 Å². The van der Waals surface area contributed by atoms with Gasteiger partial charge in [-0.3, -0.25) is 9.78 Å². The molecule has 37 heavy (non-hydrogen) atoms. The summed E-state index contributed by atoms with van der Waals surface area (Å²) in [5.41, 5.74) is 0.00653. The van der Waals surface area contributed by atoms with Crippen LogP contribution in [0.3, 0.4) is 0 Å². The van der Waals surface area contributed by atoms with E-state index in [0.717, 1.165) is 23.4 Å². The lowest BCUT2D eigenvalue weighted by molar-refractivity contribution is -0.141. The largest absolute Gasteiger partial charge is 0.481 e. The third-order valence-electron chi connectivity index (χ3n) is 5.51. The molecule has 0 aliphatic heterocycles. The molecule has 3 aromatic heterocycles. The summed E-state index contributed by atoms with van der Waals surface area (Å²) in [5, 5.41) is 23.9. The highest BCUT2D eigenvalue weighted by atomic mass is 32.1. The second-order valence-corrected chi connectivity index (χ2v) is 9.38. The summed E-state index contributed by atoms with van der Waals surface area (Å²) >= 11 is 1.24. The fourth-order valence-corrected chi connectivity index (χ4v) is 4.84. The maximum Gasteiger partial charge on any atom is 0.433 e. The van der Waals surface area contributed by atoms with Crippen LogP contribution in [0.5, 0.6) is 0 Å². The number of anilines is 2.